The van der Waals surface area contributed by atoms with Gasteiger partial charge >= 0.3 is 0 Å². The summed E-state index contributed by atoms with van der Waals surface area (Å²) >= 11 is 0. The molecule has 25 heavy (non-hydrogen) atoms. The van der Waals surface area contributed by atoms with E-state index in [2.05, 4.69) is 40.5 Å². The molecule has 3 N–H and O–H groups in total. The molecule has 1 aromatic carbocycles. The fraction of sp³-hybridized carbons (Fsp3) is 0.667. The van der Waals surface area contributed by atoms with E-state index in [4.69, 9.17) is 5.73 Å². The topological polar surface area (TPSA) is 58.4 Å². The summed E-state index contributed by atoms with van der Waals surface area (Å²) in [5.41, 5.74) is 7.37. The summed E-state index contributed by atoms with van der Waals surface area (Å²) in [7, 11) is 0. The zero-order chi connectivity index (χ0) is 17.6. The Morgan fingerprint density at radius 1 is 1.20 bits per heavy atom. The summed E-state index contributed by atoms with van der Waals surface area (Å²) in [6.45, 7) is 5.39. The Morgan fingerprint density at radius 3 is 2.60 bits per heavy atom. The minimum atomic E-state index is -0.0775. The largest absolute Gasteiger partial charge is 0.354 e. The first-order chi connectivity index (χ1) is 12.2. The van der Waals surface area contributed by atoms with E-state index < -0.39 is 0 Å². The number of benzene rings is 1. The molecule has 0 spiro atoms. The lowest BCUT2D eigenvalue weighted by Crippen LogP contribution is -2.45. The van der Waals surface area contributed by atoms with E-state index in [0.717, 1.165) is 19.6 Å². The van der Waals surface area contributed by atoms with Crippen molar-refractivity contribution in [3.05, 3.63) is 35.9 Å². The van der Waals surface area contributed by atoms with Crippen LogP contribution in [0.4, 0.5) is 0 Å². The SMILES string of the molecule is CC(C(=O)NCC1CCCCC1)N1C[C@@H](CN)[C@H](c2ccccc2)C1. The van der Waals surface area contributed by atoms with E-state index in [1.165, 1.54) is 37.7 Å². The van der Waals surface area contributed by atoms with Crippen molar-refractivity contribution in [1.29, 1.82) is 0 Å². The van der Waals surface area contributed by atoms with Crippen LogP contribution < -0.4 is 11.1 Å². The molecule has 2 fully saturated rings. The molecule has 1 saturated heterocycles. The molecule has 1 heterocycles. The normalized spacial score (nSPS) is 26.5. The van der Waals surface area contributed by atoms with Crippen molar-refractivity contribution in [3.8, 4) is 0 Å². The second kappa shape index (κ2) is 8.81. The lowest BCUT2D eigenvalue weighted by atomic mass is 9.89. The number of nitrogens with two attached hydrogens (primary N) is 1. The van der Waals surface area contributed by atoms with Gasteiger partial charge in [0, 0.05) is 25.6 Å². The molecule has 4 heteroatoms. The summed E-state index contributed by atoms with van der Waals surface area (Å²) in [4.78, 5) is 14.9. The maximum atomic E-state index is 12.6. The molecule has 3 rings (SSSR count). The van der Waals surface area contributed by atoms with Crippen molar-refractivity contribution in [3.63, 3.8) is 0 Å². The molecular weight excluding hydrogens is 310 g/mol. The monoisotopic (exact) mass is 343 g/mol. The molecule has 1 aromatic rings. The van der Waals surface area contributed by atoms with E-state index in [-0.39, 0.29) is 11.9 Å². The van der Waals surface area contributed by atoms with Crippen molar-refractivity contribution >= 4 is 5.91 Å². The Bertz CT molecular complexity index is 541. The minimum Gasteiger partial charge on any atom is -0.354 e. The van der Waals surface area contributed by atoms with Crippen molar-refractivity contribution in [1.82, 2.24) is 10.2 Å². The average molecular weight is 344 g/mol. The van der Waals surface area contributed by atoms with Crippen LogP contribution in [0.5, 0.6) is 0 Å². The van der Waals surface area contributed by atoms with E-state index >= 15 is 0 Å². The van der Waals surface area contributed by atoms with Crippen LogP contribution in [0.2, 0.25) is 0 Å². The predicted molar refractivity (Wildman–Crippen MR) is 102 cm³/mol. The van der Waals surface area contributed by atoms with Gasteiger partial charge in [0.2, 0.25) is 5.91 Å². The van der Waals surface area contributed by atoms with Crippen LogP contribution in [-0.2, 0) is 4.79 Å². The Balaban J connectivity index is 1.54. The molecule has 0 bridgehead atoms. The van der Waals surface area contributed by atoms with Gasteiger partial charge in [-0.05, 0) is 43.7 Å². The van der Waals surface area contributed by atoms with Gasteiger partial charge in [0.05, 0.1) is 6.04 Å². The molecule has 0 radical (unpaired) electrons. The predicted octanol–water partition coefficient (Wildman–Crippen LogP) is 2.75. The van der Waals surface area contributed by atoms with Gasteiger partial charge in [0.25, 0.3) is 0 Å². The molecule has 0 aromatic heterocycles. The lowest BCUT2D eigenvalue weighted by molar-refractivity contribution is -0.125. The maximum Gasteiger partial charge on any atom is 0.237 e. The number of nitrogens with zero attached hydrogens (tertiary/aromatic N) is 1. The second-order valence-electron chi connectivity index (χ2n) is 7.89. The average Bonchev–Trinajstić information content (AvgIpc) is 3.11. The van der Waals surface area contributed by atoms with Gasteiger partial charge in [-0.1, -0.05) is 49.6 Å². The minimum absolute atomic E-state index is 0.0775. The first kappa shape index (κ1) is 18.4. The third-order valence-electron chi connectivity index (χ3n) is 6.22. The highest BCUT2D eigenvalue weighted by Crippen LogP contribution is 2.33. The molecule has 138 valence electrons. The van der Waals surface area contributed by atoms with E-state index in [0.29, 0.717) is 24.3 Å². The van der Waals surface area contributed by atoms with Crippen LogP contribution in [0.15, 0.2) is 30.3 Å². The summed E-state index contributed by atoms with van der Waals surface area (Å²) in [6, 6.07) is 10.5. The molecule has 1 saturated carbocycles. The summed E-state index contributed by atoms with van der Waals surface area (Å²) in [5, 5.41) is 3.20. The molecule has 1 aliphatic carbocycles. The van der Waals surface area contributed by atoms with Crippen LogP contribution in [0.3, 0.4) is 0 Å². The number of hydrogen-bond acceptors (Lipinski definition) is 3. The van der Waals surface area contributed by atoms with Crippen molar-refractivity contribution in [2.24, 2.45) is 17.6 Å². The van der Waals surface area contributed by atoms with Crippen LogP contribution in [0, 0.1) is 11.8 Å². The lowest BCUT2D eigenvalue weighted by Gasteiger charge is -2.26. The zero-order valence-electron chi connectivity index (χ0n) is 15.5. The Labute approximate surface area is 152 Å². The van der Waals surface area contributed by atoms with Gasteiger partial charge in [0.1, 0.15) is 0 Å². The van der Waals surface area contributed by atoms with E-state index in [9.17, 15) is 4.79 Å². The van der Waals surface area contributed by atoms with Crippen LogP contribution in [0.1, 0.15) is 50.5 Å². The van der Waals surface area contributed by atoms with Crippen LogP contribution >= 0.6 is 0 Å². The van der Waals surface area contributed by atoms with Crippen molar-refractivity contribution in [2.45, 2.75) is 51.0 Å². The second-order valence-corrected chi connectivity index (χ2v) is 7.89. The highest BCUT2D eigenvalue weighted by Gasteiger charge is 2.36. The fourth-order valence-electron chi connectivity index (χ4n) is 4.49. The number of likely N-dealkylation sites (tertiary alicyclic amines) is 1. The molecular formula is C21H33N3O. The summed E-state index contributed by atoms with van der Waals surface area (Å²) in [5.74, 6) is 1.71. The molecule has 1 amide bonds. The summed E-state index contributed by atoms with van der Waals surface area (Å²) < 4.78 is 0. The number of rotatable bonds is 6. The third-order valence-corrected chi connectivity index (χ3v) is 6.22. The number of carbonyl (C=O) groups excluding carboxylic acids is 1. The molecule has 2 aliphatic rings. The van der Waals surface area contributed by atoms with Gasteiger partial charge in [-0.2, -0.15) is 0 Å². The van der Waals surface area contributed by atoms with Crippen molar-refractivity contribution in [2.75, 3.05) is 26.2 Å². The number of amides is 1. The molecule has 1 unspecified atom stereocenters. The van der Waals surface area contributed by atoms with Gasteiger partial charge in [-0.15, -0.1) is 0 Å². The molecule has 4 nitrogen and oxygen atoms in total. The Hall–Kier alpha value is -1.39. The zero-order valence-corrected chi connectivity index (χ0v) is 15.5. The highest BCUT2D eigenvalue weighted by molar-refractivity contribution is 5.81. The Morgan fingerprint density at radius 2 is 1.92 bits per heavy atom. The van der Waals surface area contributed by atoms with Crippen molar-refractivity contribution < 1.29 is 4.79 Å². The summed E-state index contributed by atoms with van der Waals surface area (Å²) in [6.07, 6.45) is 6.53. The van der Waals surface area contributed by atoms with Gasteiger partial charge in [0.15, 0.2) is 0 Å². The molecule has 1 aliphatic heterocycles. The van der Waals surface area contributed by atoms with Crippen LogP contribution in [0.25, 0.3) is 0 Å². The third kappa shape index (κ3) is 4.62. The smallest absolute Gasteiger partial charge is 0.237 e. The van der Waals surface area contributed by atoms with Crippen LogP contribution in [-0.4, -0.2) is 43.0 Å². The molecule has 3 atom stereocenters. The number of carbonyl (C=O) groups is 1. The first-order valence-electron chi connectivity index (χ1n) is 9.95. The highest BCUT2D eigenvalue weighted by atomic mass is 16.2. The van der Waals surface area contributed by atoms with E-state index in [1.54, 1.807) is 0 Å². The standard InChI is InChI=1S/C21H33N3O/c1-16(21(25)23-13-17-8-4-2-5-9-17)24-14-19(12-22)20(15-24)18-10-6-3-7-11-18/h3,6-7,10-11,16-17,19-20H,2,4-5,8-9,12-15,22H2,1H3,(H,23,25)/t16?,19-,20+/m1/s1. The fourth-order valence-corrected chi connectivity index (χ4v) is 4.49. The van der Waals surface area contributed by atoms with Gasteiger partial charge in [-0.25, -0.2) is 0 Å². The quantitative estimate of drug-likeness (QED) is 0.835. The van der Waals surface area contributed by atoms with Gasteiger partial charge < -0.3 is 11.1 Å². The van der Waals surface area contributed by atoms with E-state index in [1.807, 2.05) is 6.92 Å². The maximum absolute atomic E-state index is 12.6. The van der Waals surface area contributed by atoms with Gasteiger partial charge in [-0.3, -0.25) is 9.69 Å². The first-order valence-corrected chi connectivity index (χ1v) is 9.95. The Kier molecular flexibility index (Phi) is 6.49. The number of nitrogens with one attached hydrogen (secondary N) is 1. The number of hydrogen-bond donors (Lipinski definition) is 2.